The minimum Gasteiger partial charge on any atom is -0.384 e. The minimum absolute atomic E-state index is 0.153. The lowest BCUT2D eigenvalue weighted by atomic mass is 10.1. The Morgan fingerprint density at radius 3 is 2.88 bits per heavy atom. The summed E-state index contributed by atoms with van der Waals surface area (Å²) in [6, 6.07) is 0. The topological polar surface area (TPSA) is 72.9 Å². The standard InChI is InChI=1S/C11H18N4O/c1-15-10(12)9(7-14-15)6-13-11(16)8-4-2-3-5-8/h7-8H,2-6,12H2,1H3,(H,13,16). The number of carbonyl (C=O) groups excluding carboxylic acids is 1. The fourth-order valence-electron chi connectivity index (χ4n) is 2.14. The van der Waals surface area contributed by atoms with E-state index in [0.717, 1.165) is 18.4 Å². The highest BCUT2D eigenvalue weighted by Crippen LogP contribution is 2.24. The summed E-state index contributed by atoms with van der Waals surface area (Å²) in [7, 11) is 1.79. The maximum absolute atomic E-state index is 11.8. The third kappa shape index (κ3) is 2.18. The maximum atomic E-state index is 11.8. The van der Waals surface area contributed by atoms with Gasteiger partial charge in [-0.05, 0) is 12.8 Å². The molecule has 0 spiro atoms. The number of nitrogen functional groups attached to an aromatic ring is 1. The van der Waals surface area contributed by atoms with Crippen molar-refractivity contribution in [3.8, 4) is 0 Å². The number of amides is 1. The summed E-state index contributed by atoms with van der Waals surface area (Å²) in [4.78, 5) is 11.8. The lowest BCUT2D eigenvalue weighted by molar-refractivity contribution is -0.124. The van der Waals surface area contributed by atoms with Gasteiger partial charge in [0, 0.05) is 25.1 Å². The van der Waals surface area contributed by atoms with E-state index in [-0.39, 0.29) is 11.8 Å². The minimum atomic E-state index is 0.153. The van der Waals surface area contributed by atoms with E-state index in [4.69, 9.17) is 5.73 Å². The van der Waals surface area contributed by atoms with Crippen molar-refractivity contribution in [2.75, 3.05) is 5.73 Å². The Morgan fingerprint density at radius 2 is 2.31 bits per heavy atom. The predicted octanol–water partition coefficient (Wildman–Crippen LogP) is 0.809. The molecule has 1 heterocycles. The Hall–Kier alpha value is -1.52. The zero-order valence-corrected chi connectivity index (χ0v) is 9.57. The molecule has 1 saturated carbocycles. The van der Waals surface area contributed by atoms with Gasteiger partial charge < -0.3 is 11.1 Å². The fraction of sp³-hybridized carbons (Fsp3) is 0.636. The third-order valence-electron chi connectivity index (χ3n) is 3.24. The molecule has 0 saturated heterocycles. The molecule has 3 N–H and O–H groups in total. The normalized spacial score (nSPS) is 16.6. The summed E-state index contributed by atoms with van der Waals surface area (Å²) in [6.07, 6.45) is 6.09. The summed E-state index contributed by atoms with van der Waals surface area (Å²) < 4.78 is 1.61. The molecular formula is C11H18N4O. The van der Waals surface area contributed by atoms with Crippen LogP contribution in [0.25, 0.3) is 0 Å². The van der Waals surface area contributed by atoms with Gasteiger partial charge in [0.15, 0.2) is 0 Å². The Balaban J connectivity index is 1.87. The number of anilines is 1. The average molecular weight is 222 g/mol. The van der Waals surface area contributed by atoms with E-state index in [9.17, 15) is 4.79 Å². The van der Waals surface area contributed by atoms with E-state index in [0.29, 0.717) is 12.4 Å². The molecule has 0 aliphatic heterocycles. The van der Waals surface area contributed by atoms with Crippen molar-refractivity contribution >= 4 is 11.7 Å². The number of aromatic nitrogens is 2. The molecule has 1 aromatic heterocycles. The van der Waals surface area contributed by atoms with E-state index in [1.807, 2.05) is 0 Å². The molecule has 88 valence electrons. The third-order valence-corrected chi connectivity index (χ3v) is 3.24. The number of aryl methyl sites for hydroxylation is 1. The molecule has 0 atom stereocenters. The SMILES string of the molecule is Cn1ncc(CNC(=O)C2CCCC2)c1N. The first-order chi connectivity index (χ1) is 7.68. The highest BCUT2D eigenvalue weighted by atomic mass is 16.1. The van der Waals surface area contributed by atoms with Crippen molar-refractivity contribution in [1.29, 1.82) is 0 Å². The Bertz CT molecular complexity index is 379. The number of nitrogens with zero attached hydrogens (tertiary/aromatic N) is 2. The van der Waals surface area contributed by atoms with Gasteiger partial charge in [-0.15, -0.1) is 0 Å². The second kappa shape index (κ2) is 4.55. The highest BCUT2D eigenvalue weighted by Gasteiger charge is 2.22. The van der Waals surface area contributed by atoms with Crippen molar-refractivity contribution in [3.63, 3.8) is 0 Å². The van der Waals surface area contributed by atoms with Gasteiger partial charge in [0.1, 0.15) is 5.82 Å². The molecule has 16 heavy (non-hydrogen) atoms. The number of rotatable bonds is 3. The zero-order valence-electron chi connectivity index (χ0n) is 9.57. The lowest BCUT2D eigenvalue weighted by Crippen LogP contribution is -2.28. The molecule has 0 aromatic carbocycles. The van der Waals surface area contributed by atoms with Crippen molar-refractivity contribution in [2.24, 2.45) is 13.0 Å². The Morgan fingerprint density at radius 1 is 1.62 bits per heavy atom. The van der Waals surface area contributed by atoms with Crippen molar-refractivity contribution in [1.82, 2.24) is 15.1 Å². The molecule has 0 bridgehead atoms. The van der Waals surface area contributed by atoms with Gasteiger partial charge in [0.2, 0.25) is 5.91 Å². The second-order valence-corrected chi connectivity index (χ2v) is 4.38. The first kappa shape index (κ1) is 11.0. The quantitative estimate of drug-likeness (QED) is 0.794. The predicted molar refractivity (Wildman–Crippen MR) is 61.4 cm³/mol. The van der Waals surface area contributed by atoms with Crippen molar-refractivity contribution in [3.05, 3.63) is 11.8 Å². The summed E-state index contributed by atoms with van der Waals surface area (Å²) in [5, 5.41) is 6.95. The van der Waals surface area contributed by atoms with Gasteiger partial charge in [-0.25, -0.2) is 0 Å². The zero-order chi connectivity index (χ0) is 11.5. The van der Waals surface area contributed by atoms with Crippen LogP contribution in [-0.2, 0) is 18.4 Å². The smallest absolute Gasteiger partial charge is 0.223 e. The van der Waals surface area contributed by atoms with Gasteiger partial charge in [0.05, 0.1) is 6.20 Å². The van der Waals surface area contributed by atoms with Crippen LogP contribution in [0, 0.1) is 5.92 Å². The number of hydrogen-bond donors (Lipinski definition) is 2. The number of nitrogens with two attached hydrogens (primary N) is 1. The van der Waals surface area contributed by atoms with Crippen LogP contribution < -0.4 is 11.1 Å². The Kier molecular flexibility index (Phi) is 3.12. The van der Waals surface area contributed by atoms with Crippen LogP contribution in [-0.4, -0.2) is 15.7 Å². The first-order valence-corrected chi connectivity index (χ1v) is 5.72. The molecule has 5 heteroatoms. The van der Waals surface area contributed by atoms with E-state index in [1.165, 1.54) is 12.8 Å². The molecular weight excluding hydrogens is 204 g/mol. The fourth-order valence-corrected chi connectivity index (χ4v) is 2.14. The van der Waals surface area contributed by atoms with Gasteiger partial charge in [0.25, 0.3) is 0 Å². The van der Waals surface area contributed by atoms with E-state index in [2.05, 4.69) is 10.4 Å². The lowest BCUT2D eigenvalue weighted by Gasteiger charge is -2.09. The highest BCUT2D eigenvalue weighted by molar-refractivity contribution is 5.78. The van der Waals surface area contributed by atoms with Gasteiger partial charge >= 0.3 is 0 Å². The van der Waals surface area contributed by atoms with Crippen LogP contribution in [0.4, 0.5) is 5.82 Å². The summed E-state index contributed by atoms with van der Waals surface area (Å²) in [6.45, 7) is 0.481. The van der Waals surface area contributed by atoms with Crippen LogP contribution in [0.3, 0.4) is 0 Å². The monoisotopic (exact) mass is 222 g/mol. The van der Waals surface area contributed by atoms with E-state index < -0.39 is 0 Å². The molecule has 1 aliphatic carbocycles. The van der Waals surface area contributed by atoms with Crippen LogP contribution in [0.5, 0.6) is 0 Å². The maximum Gasteiger partial charge on any atom is 0.223 e. The second-order valence-electron chi connectivity index (χ2n) is 4.38. The van der Waals surface area contributed by atoms with Crippen molar-refractivity contribution < 1.29 is 4.79 Å². The number of nitrogens with one attached hydrogen (secondary N) is 1. The summed E-state index contributed by atoms with van der Waals surface area (Å²) >= 11 is 0. The van der Waals surface area contributed by atoms with Crippen LogP contribution >= 0.6 is 0 Å². The Labute approximate surface area is 95.0 Å². The van der Waals surface area contributed by atoms with Crippen molar-refractivity contribution in [2.45, 2.75) is 32.2 Å². The summed E-state index contributed by atoms with van der Waals surface area (Å²) in [5.74, 6) is 0.977. The van der Waals surface area contributed by atoms with Crippen LogP contribution in [0.15, 0.2) is 6.20 Å². The molecule has 1 amide bonds. The van der Waals surface area contributed by atoms with Gasteiger partial charge in [-0.3, -0.25) is 9.48 Å². The molecule has 1 aromatic rings. The first-order valence-electron chi connectivity index (χ1n) is 5.72. The molecule has 2 rings (SSSR count). The number of hydrogen-bond acceptors (Lipinski definition) is 3. The molecule has 0 unspecified atom stereocenters. The molecule has 5 nitrogen and oxygen atoms in total. The molecule has 1 aliphatic rings. The van der Waals surface area contributed by atoms with Crippen LogP contribution in [0.2, 0.25) is 0 Å². The van der Waals surface area contributed by atoms with E-state index in [1.54, 1.807) is 17.9 Å². The number of carbonyl (C=O) groups is 1. The molecule has 0 radical (unpaired) electrons. The van der Waals surface area contributed by atoms with E-state index >= 15 is 0 Å². The molecule has 1 fully saturated rings. The summed E-state index contributed by atoms with van der Waals surface area (Å²) in [5.41, 5.74) is 6.67. The largest absolute Gasteiger partial charge is 0.384 e. The van der Waals surface area contributed by atoms with Gasteiger partial charge in [-0.1, -0.05) is 12.8 Å². The van der Waals surface area contributed by atoms with Gasteiger partial charge in [-0.2, -0.15) is 5.10 Å². The average Bonchev–Trinajstić information content (AvgIpc) is 2.89. The van der Waals surface area contributed by atoms with Crippen LogP contribution in [0.1, 0.15) is 31.2 Å².